The van der Waals surface area contributed by atoms with Crippen LogP contribution in [-0.2, 0) is 14.3 Å². The normalized spacial score (nSPS) is 14.6. The summed E-state index contributed by atoms with van der Waals surface area (Å²) >= 11 is 0. The van der Waals surface area contributed by atoms with Crippen molar-refractivity contribution in [3.05, 3.63) is 0 Å². The van der Waals surface area contributed by atoms with Crippen LogP contribution in [0.2, 0.25) is 0 Å². The van der Waals surface area contributed by atoms with Crippen molar-refractivity contribution in [3.8, 4) is 0 Å². The Morgan fingerprint density at radius 1 is 1.26 bits per heavy atom. The SMILES string of the molecule is CCNC(C)(CCCOCCOCC(C)C)C(=O)O. The van der Waals surface area contributed by atoms with E-state index in [9.17, 15) is 4.79 Å². The number of hydrogen-bond acceptors (Lipinski definition) is 4. The van der Waals surface area contributed by atoms with Gasteiger partial charge in [0.25, 0.3) is 0 Å². The molecule has 0 rings (SSSR count). The van der Waals surface area contributed by atoms with Crippen LogP contribution in [-0.4, -0.2) is 49.6 Å². The van der Waals surface area contributed by atoms with Gasteiger partial charge in [0, 0.05) is 13.2 Å². The molecule has 0 bridgehead atoms. The Morgan fingerprint density at radius 2 is 1.89 bits per heavy atom. The number of aliphatic carboxylic acids is 1. The molecule has 0 spiro atoms. The minimum absolute atomic E-state index is 0.538. The predicted molar refractivity (Wildman–Crippen MR) is 75.4 cm³/mol. The maximum atomic E-state index is 11.2. The van der Waals surface area contributed by atoms with Gasteiger partial charge in [-0.3, -0.25) is 4.79 Å². The number of likely N-dealkylation sites (N-methyl/N-ethyl adjacent to an activating group) is 1. The van der Waals surface area contributed by atoms with Crippen LogP contribution in [0.4, 0.5) is 0 Å². The molecule has 114 valence electrons. The average Bonchev–Trinajstić information content (AvgIpc) is 2.32. The lowest BCUT2D eigenvalue weighted by Gasteiger charge is -2.25. The van der Waals surface area contributed by atoms with Gasteiger partial charge >= 0.3 is 5.97 Å². The van der Waals surface area contributed by atoms with E-state index in [4.69, 9.17) is 14.6 Å². The lowest BCUT2D eigenvalue weighted by Crippen LogP contribution is -2.49. The fourth-order valence-electron chi connectivity index (χ4n) is 1.73. The first kappa shape index (κ1) is 18.4. The third-order valence-electron chi connectivity index (χ3n) is 2.83. The molecular weight excluding hydrogens is 246 g/mol. The molecule has 0 fully saturated rings. The fourth-order valence-corrected chi connectivity index (χ4v) is 1.73. The summed E-state index contributed by atoms with van der Waals surface area (Å²) in [4.78, 5) is 11.2. The van der Waals surface area contributed by atoms with Gasteiger partial charge in [0.15, 0.2) is 0 Å². The second-order valence-corrected chi connectivity index (χ2v) is 5.35. The van der Waals surface area contributed by atoms with Gasteiger partial charge < -0.3 is 19.9 Å². The summed E-state index contributed by atoms with van der Waals surface area (Å²) < 4.78 is 10.8. The minimum Gasteiger partial charge on any atom is -0.480 e. The zero-order chi connectivity index (χ0) is 14.7. The van der Waals surface area contributed by atoms with Crippen LogP contribution >= 0.6 is 0 Å². The number of carboxylic acids is 1. The quantitative estimate of drug-likeness (QED) is 0.533. The molecule has 1 atom stereocenters. The van der Waals surface area contributed by atoms with Gasteiger partial charge in [-0.2, -0.15) is 0 Å². The molecule has 0 radical (unpaired) electrons. The maximum Gasteiger partial charge on any atom is 0.323 e. The van der Waals surface area contributed by atoms with E-state index >= 15 is 0 Å². The first-order chi connectivity index (χ1) is 8.92. The standard InChI is InChI=1S/C14H29NO4/c1-5-15-14(4,13(16)17)7-6-8-18-9-10-19-11-12(2)3/h12,15H,5-11H2,1-4H3,(H,16,17). The van der Waals surface area contributed by atoms with Crippen LogP contribution in [0.15, 0.2) is 0 Å². The van der Waals surface area contributed by atoms with Gasteiger partial charge in [-0.1, -0.05) is 20.8 Å². The first-order valence-electron chi connectivity index (χ1n) is 7.06. The van der Waals surface area contributed by atoms with Crippen molar-refractivity contribution in [2.45, 2.75) is 46.1 Å². The Bertz CT molecular complexity index is 246. The van der Waals surface area contributed by atoms with Crippen molar-refractivity contribution in [1.82, 2.24) is 5.32 Å². The smallest absolute Gasteiger partial charge is 0.323 e. The van der Waals surface area contributed by atoms with E-state index in [0.29, 0.717) is 38.7 Å². The molecule has 19 heavy (non-hydrogen) atoms. The summed E-state index contributed by atoms with van der Waals surface area (Å²) in [5, 5.41) is 12.2. The van der Waals surface area contributed by atoms with Crippen molar-refractivity contribution in [2.24, 2.45) is 5.92 Å². The molecule has 5 heteroatoms. The van der Waals surface area contributed by atoms with Gasteiger partial charge in [0.1, 0.15) is 5.54 Å². The van der Waals surface area contributed by atoms with Crippen LogP contribution in [0.25, 0.3) is 0 Å². The molecule has 0 aromatic carbocycles. The predicted octanol–water partition coefficient (Wildman–Crippen LogP) is 1.91. The molecule has 0 heterocycles. The van der Waals surface area contributed by atoms with Gasteiger partial charge in [-0.15, -0.1) is 0 Å². The van der Waals surface area contributed by atoms with Crippen molar-refractivity contribution >= 4 is 5.97 Å². The highest BCUT2D eigenvalue weighted by Crippen LogP contribution is 2.12. The summed E-state index contributed by atoms with van der Waals surface area (Å²) in [6.07, 6.45) is 1.28. The van der Waals surface area contributed by atoms with E-state index in [0.717, 1.165) is 13.0 Å². The number of hydrogen-bond donors (Lipinski definition) is 2. The third kappa shape index (κ3) is 8.97. The highest BCUT2D eigenvalue weighted by molar-refractivity contribution is 5.78. The monoisotopic (exact) mass is 275 g/mol. The van der Waals surface area contributed by atoms with E-state index in [1.807, 2.05) is 6.92 Å². The van der Waals surface area contributed by atoms with Crippen molar-refractivity contribution in [3.63, 3.8) is 0 Å². The highest BCUT2D eigenvalue weighted by atomic mass is 16.5. The lowest BCUT2D eigenvalue weighted by molar-refractivity contribution is -0.144. The van der Waals surface area contributed by atoms with E-state index in [1.54, 1.807) is 6.92 Å². The molecule has 0 aromatic heterocycles. The van der Waals surface area contributed by atoms with Crippen molar-refractivity contribution in [1.29, 1.82) is 0 Å². The third-order valence-corrected chi connectivity index (χ3v) is 2.83. The van der Waals surface area contributed by atoms with E-state index in [2.05, 4.69) is 19.2 Å². The highest BCUT2D eigenvalue weighted by Gasteiger charge is 2.30. The number of rotatable bonds is 12. The van der Waals surface area contributed by atoms with Gasteiger partial charge in [0.05, 0.1) is 13.2 Å². The zero-order valence-electron chi connectivity index (χ0n) is 12.7. The average molecular weight is 275 g/mol. The van der Waals surface area contributed by atoms with Crippen LogP contribution < -0.4 is 5.32 Å². The molecule has 5 nitrogen and oxygen atoms in total. The number of carboxylic acid groups (broad SMARTS) is 1. The molecule has 1 unspecified atom stereocenters. The molecular formula is C14H29NO4. The zero-order valence-corrected chi connectivity index (χ0v) is 12.7. The first-order valence-corrected chi connectivity index (χ1v) is 7.06. The maximum absolute atomic E-state index is 11.2. The Morgan fingerprint density at radius 3 is 2.42 bits per heavy atom. The van der Waals surface area contributed by atoms with Crippen LogP contribution in [0, 0.1) is 5.92 Å². The molecule has 0 aliphatic heterocycles. The summed E-state index contributed by atoms with van der Waals surface area (Å²) in [5.74, 6) is -0.272. The largest absolute Gasteiger partial charge is 0.480 e. The van der Waals surface area contributed by atoms with E-state index in [-0.39, 0.29) is 0 Å². The lowest BCUT2D eigenvalue weighted by atomic mass is 9.96. The van der Waals surface area contributed by atoms with Gasteiger partial charge in [0.2, 0.25) is 0 Å². The van der Waals surface area contributed by atoms with Crippen molar-refractivity contribution < 1.29 is 19.4 Å². The van der Waals surface area contributed by atoms with Crippen LogP contribution in [0.1, 0.15) is 40.5 Å². The van der Waals surface area contributed by atoms with E-state index < -0.39 is 11.5 Å². The second kappa shape index (κ2) is 10.2. The molecule has 0 aliphatic carbocycles. The molecule has 2 N–H and O–H groups in total. The molecule has 0 amide bonds. The fraction of sp³-hybridized carbons (Fsp3) is 0.929. The van der Waals surface area contributed by atoms with Crippen LogP contribution in [0.5, 0.6) is 0 Å². The Balaban J connectivity index is 3.59. The molecule has 0 saturated carbocycles. The van der Waals surface area contributed by atoms with Gasteiger partial charge in [-0.25, -0.2) is 0 Å². The van der Waals surface area contributed by atoms with Gasteiger partial charge in [-0.05, 0) is 32.2 Å². The van der Waals surface area contributed by atoms with Crippen molar-refractivity contribution in [2.75, 3.05) is 33.0 Å². The Labute approximate surface area is 116 Å². The molecule has 0 aromatic rings. The molecule has 0 aliphatic rings. The topological polar surface area (TPSA) is 67.8 Å². The summed E-state index contributed by atoms with van der Waals surface area (Å²) in [6, 6.07) is 0. The number of ether oxygens (including phenoxy) is 2. The minimum atomic E-state index is -0.855. The summed E-state index contributed by atoms with van der Waals surface area (Å²) in [7, 11) is 0. The summed E-state index contributed by atoms with van der Waals surface area (Å²) in [6.45, 7) is 11.0. The molecule has 0 saturated heterocycles. The number of nitrogens with one attached hydrogen (secondary N) is 1. The Hall–Kier alpha value is -0.650. The number of carbonyl (C=O) groups is 1. The second-order valence-electron chi connectivity index (χ2n) is 5.35. The Kier molecular flexibility index (Phi) is 9.83. The summed E-state index contributed by atoms with van der Waals surface area (Å²) in [5.41, 5.74) is -0.855. The van der Waals surface area contributed by atoms with E-state index in [1.165, 1.54) is 0 Å². The van der Waals surface area contributed by atoms with Crippen LogP contribution in [0.3, 0.4) is 0 Å².